The number of nitrogens with two attached hydrogens (primary N) is 1. The molecule has 4 nitrogen and oxygen atoms in total. The van der Waals surface area contributed by atoms with Crippen molar-refractivity contribution in [3.8, 4) is 0 Å². The van der Waals surface area contributed by atoms with E-state index in [-0.39, 0.29) is 6.61 Å². The monoisotopic (exact) mass is 195 g/mol. The molecule has 0 bridgehead atoms. The number of aromatic nitrogens is 2. The average Bonchev–Trinajstić information content (AvgIpc) is 2.62. The smallest absolute Gasteiger partial charge is 0.0644 e. The van der Waals surface area contributed by atoms with Gasteiger partial charge >= 0.3 is 0 Å². The lowest BCUT2D eigenvalue weighted by molar-refractivity contribution is 0.266. The highest BCUT2D eigenvalue weighted by Crippen LogP contribution is 2.30. The van der Waals surface area contributed by atoms with Crippen LogP contribution in [0.2, 0.25) is 0 Å². The largest absolute Gasteiger partial charge is 0.394 e. The molecule has 1 aliphatic rings. The van der Waals surface area contributed by atoms with Crippen LogP contribution >= 0.6 is 0 Å². The second-order valence-corrected chi connectivity index (χ2v) is 3.82. The van der Waals surface area contributed by atoms with Gasteiger partial charge in [0, 0.05) is 5.69 Å². The van der Waals surface area contributed by atoms with E-state index in [2.05, 4.69) is 5.10 Å². The van der Waals surface area contributed by atoms with Crippen LogP contribution in [0.4, 0.5) is 0 Å². The molecule has 0 saturated heterocycles. The Labute approximate surface area is 83.7 Å². The molecule has 1 heterocycles. The molecular weight excluding hydrogens is 178 g/mol. The Morgan fingerprint density at radius 1 is 1.64 bits per heavy atom. The SMILES string of the molecule is NCC1CCCc2c1cnn2CCO. The van der Waals surface area contributed by atoms with Gasteiger partial charge in [-0.15, -0.1) is 0 Å². The van der Waals surface area contributed by atoms with Gasteiger partial charge in [-0.25, -0.2) is 0 Å². The Morgan fingerprint density at radius 2 is 2.50 bits per heavy atom. The molecule has 2 rings (SSSR count). The number of hydrogen-bond acceptors (Lipinski definition) is 3. The summed E-state index contributed by atoms with van der Waals surface area (Å²) in [6, 6.07) is 0. The molecule has 1 aromatic heterocycles. The molecule has 0 radical (unpaired) electrons. The minimum atomic E-state index is 0.154. The van der Waals surface area contributed by atoms with E-state index in [0.29, 0.717) is 19.0 Å². The van der Waals surface area contributed by atoms with E-state index in [9.17, 15) is 0 Å². The molecule has 1 atom stereocenters. The number of rotatable bonds is 3. The van der Waals surface area contributed by atoms with Crippen molar-refractivity contribution in [3.63, 3.8) is 0 Å². The van der Waals surface area contributed by atoms with Gasteiger partial charge in [-0.3, -0.25) is 4.68 Å². The van der Waals surface area contributed by atoms with Crippen LogP contribution in [0, 0.1) is 0 Å². The van der Waals surface area contributed by atoms with E-state index in [1.165, 1.54) is 24.1 Å². The lowest BCUT2D eigenvalue weighted by Crippen LogP contribution is -2.19. The van der Waals surface area contributed by atoms with Crippen LogP contribution < -0.4 is 5.73 Å². The van der Waals surface area contributed by atoms with Crippen LogP contribution in [0.1, 0.15) is 30.0 Å². The first-order valence-electron chi connectivity index (χ1n) is 5.22. The Kier molecular flexibility index (Phi) is 2.84. The minimum absolute atomic E-state index is 0.154. The van der Waals surface area contributed by atoms with E-state index < -0.39 is 0 Å². The topological polar surface area (TPSA) is 64.1 Å². The number of aliphatic hydroxyl groups excluding tert-OH is 1. The zero-order chi connectivity index (χ0) is 9.97. The molecule has 0 saturated carbocycles. The highest BCUT2D eigenvalue weighted by molar-refractivity contribution is 5.25. The summed E-state index contributed by atoms with van der Waals surface area (Å²) in [7, 11) is 0. The first kappa shape index (κ1) is 9.68. The number of hydrogen-bond donors (Lipinski definition) is 2. The van der Waals surface area contributed by atoms with Crippen LogP contribution in [0.15, 0.2) is 6.20 Å². The Balaban J connectivity index is 2.28. The van der Waals surface area contributed by atoms with Crippen molar-refractivity contribution in [2.75, 3.05) is 13.2 Å². The van der Waals surface area contributed by atoms with Gasteiger partial charge in [-0.1, -0.05) is 0 Å². The normalized spacial score (nSPS) is 20.9. The predicted octanol–water partition coefficient (Wildman–Crippen LogP) is 0.254. The third-order valence-corrected chi connectivity index (χ3v) is 2.98. The van der Waals surface area contributed by atoms with E-state index in [1.807, 2.05) is 10.9 Å². The summed E-state index contributed by atoms with van der Waals surface area (Å²) in [5, 5.41) is 13.2. The van der Waals surface area contributed by atoms with Crippen molar-refractivity contribution < 1.29 is 5.11 Å². The van der Waals surface area contributed by atoms with E-state index in [4.69, 9.17) is 10.8 Å². The molecule has 0 aromatic carbocycles. The molecule has 0 spiro atoms. The highest BCUT2D eigenvalue weighted by Gasteiger charge is 2.22. The molecule has 4 heteroatoms. The second-order valence-electron chi connectivity index (χ2n) is 3.82. The van der Waals surface area contributed by atoms with Crippen molar-refractivity contribution in [2.24, 2.45) is 5.73 Å². The highest BCUT2D eigenvalue weighted by atomic mass is 16.3. The van der Waals surface area contributed by atoms with Crippen LogP contribution in [-0.2, 0) is 13.0 Å². The van der Waals surface area contributed by atoms with Gasteiger partial charge < -0.3 is 10.8 Å². The summed E-state index contributed by atoms with van der Waals surface area (Å²) in [6.07, 6.45) is 5.35. The predicted molar refractivity (Wildman–Crippen MR) is 54.0 cm³/mol. The third-order valence-electron chi connectivity index (χ3n) is 2.98. The first-order valence-corrected chi connectivity index (χ1v) is 5.22. The van der Waals surface area contributed by atoms with Crippen LogP contribution in [0.25, 0.3) is 0 Å². The zero-order valence-corrected chi connectivity index (χ0v) is 8.32. The van der Waals surface area contributed by atoms with E-state index in [0.717, 1.165) is 6.42 Å². The summed E-state index contributed by atoms with van der Waals surface area (Å²) in [5.41, 5.74) is 8.29. The molecule has 0 amide bonds. The summed E-state index contributed by atoms with van der Waals surface area (Å²) in [6.45, 7) is 1.46. The fourth-order valence-electron chi connectivity index (χ4n) is 2.24. The Hall–Kier alpha value is -0.870. The van der Waals surface area contributed by atoms with Crippen LogP contribution in [-0.4, -0.2) is 28.0 Å². The minimum Gasteiger partial charge on any atom is -0.394 e. The third kappa shape index (κ3) is 1.55. The molecule has 1 aliphatic carbocycles. The second kappa shape index (κ2) is 4.11. The lowest BCUT2D eigenvalue weighted by Gasteiger charge is -2.21. The van der Waals surface area contributed by atoms with Crippen molar-refractivity contribution in [1.82, 2.24) is 9.78 Å². The fourth-order valence-corrected chi connectivity index (χ4v) is 2.24. The lowest BCUT2D eigenvalue weighted by atomic mass is 9.87. The maximum absolute atomic E-state index is 8.88. The van der Waals surface area contributed by atoms with Crippen LogP contribution in [0.5, 0.6) is 0 Å². The summed E-state index contributed by atoms with van der Waals surface area (Å²) in [4.78, 5) is 0. The van der Waals surface area contributed by atoms with Crippen molar-refractivity contribution in [3.05, 3.63) is 17.5 Å². The molecule has 3 N–H and O–H groups in total. The standard InChI is InChI=1S/C10H17N3O/c11-6-8-2-1-3-10-9(8)7-12-13(10)4-5-14/h7-8,14H,1-6,11H2. The molecule has 14 heavy (non-hydrogen) atoms. The maximum atomic E-state index is 8.88. The Bertz CT molecular complexity index is 308. The van der Waals surface area contributed by atoms with Crippen molar-refractivity contribution >= 4 is 0 Å². The summed E-state index contributed by atoms with van der Waals surface area (Å²) < 4.78 is 1.91. The average molecular weight is 195 g/mol. The molecule has 0 aliphatic heterocycles. The van der Waals surface area contributed by atoms with Crippen molar-refractivity contribution in [2.45, 2.75) is 31.7 Å². The van der Waals surface area contributed by atoms with E-state index in [1.54, 1.807) is 0 Å². The van der Waals surface area contributed by atoms with Gasteiger partial charge in [0.15, 0.2) is 0 Å². The molecule has 0 fully saturated rings. The van der Waals surface area contributed by atoms with E-state index >= 15 is 0 Å². The molecular formula is C10H17N3O. The van der Waals surface area contributed by atoms with Gasteiger partial charge in [0.05, 0.1) is 19.3 Å². The van der Waals surface area contributed by atoms with Crippen molar-refractivity contribution in [1.29, 1.82) is 0 Å². The quantitative estimate of drug-likeness (QED) is 0.727. The van der Waals surface area contributed by atoms with Gasteiger partial charge in [-0.05, 0) is 37.3 Å². The summed E-state index contributed by atoms with van der Waals surface area (Å²) in [5.74, 6) is 0.478. The first-order chi connectivity index (χ1) is 6.86. The van der Waals surface area contributed by atoms with Gasteiger partial charge in [0.2, 0.25) is 0 Å². The number of fused-ring (bicyclic) bond motifs is 1. The molecule has 1 aromatic rings. The number of nitrogens with zero attached hydrogens (tertiary/aromatic N) is 2. The summed E-state index contributed by atoms with van der Waals surface area (Å²) >= 11 is 0. The number of aliphatic hydroxyl groups is 1. The molecule has 1 unspecified atom stereocenters. The fraction of sp³-hybridized carbons (Fsp3) is 0.700. The van der Waals surface area contributed by atoms with Crippen LogP contribution in [0.3, 0.4) is 0 Å². The van der Waals surface area contributed by atoms with Gasteiger partial charge in [-0.2, -0.15) is 5.10 Å². The van der Waals surface area contributed by atoms with Gasteiger partial charge in [0.25, 0.3) is 0 Å². The Morgan fingerprint density at radius 3 is 3.21 bits per heavy atom. The zero-order valence-electron chi connectivity index (χ0n) is 8.32. The maximum Gasteiger partial charge on any atom is 0.0644 e. The van der Waals surface area contributed by atoms with Gasteiger partial charge in [0.1, 0.15) is 0 Å². The molecule has 78 valence electrons.